The monoisotopic (exact) mass is 678 g/mol. The van der Waals surface area contributed by atoms with Crippen LogP contribution in [0.15, 0.2) is 111 Å². The van der Waals surface area contributed by atoms with E-state index in [2.05, 4.69) is 0 Å². The van der Waals surface area contributed by atoms with E-state index in [1.54, 1.807) is 91.0 Å². The molecule has 1 aliphatic carbocycles. The van der Waals surface area contributed by atoms with Crippen molar-refractivity contribution in [3.05, 3.63) is 128 Å². The third kappa shape index (κ3) is 5.34. The van der Waals surface area contributed by atoms with Crippen LogP contribution in [0, 0.1) is 5.41 Å². The van der Waals surface area contributed by atoms with Crippen molar-refractivity contribution in [1.82, 2.24) is 0 Å². The summed E-state index contributed by atoms with van der Waals surface area (Å²) < 4.78 is 19.2. The first-order valence-corrected chi connectivity index (χ1v) is 18.5. The Hall–Kier alpha value is -3.58. The molecule has 0 bridgehead atoms. The Bertz CT molecular complexity index is 1290. The number of carbonyl (C=O) groups is 3. The summed E-state index contributed by atoms with van der Waals surface area (Å²) in [7, 11) is 0. The second-order valence-electron chi connectivity index (χ2n) is 9.70. The van der Waals surface area contributed by atoms with Gasteiger partial charge in [-0.05, 0) is 0 Å². The van der Waals surface area contributed by atoms with Crippen molar-refractivity contribution in [3.8, 4) is 0 Å². The average Bonchev–Trinajstić information content (AvgIpc) is 3.08. The van der Waals surface area contributed by atoms with Gasteiger partial charge in [0.2, 0.25) is 0 Å². The molecule has 0 N–H and O–H groups in total. The average molecular weight is 677 g/mol. The van der Waals surface area contributed by atoms with E-state index in [0.29, 0.717) is 3.33 Å². The number of allylic oxidation sites excluding steroid dienone is 4. The molecule has 3 aromatic rings. The van der Waals surface area contributed by atoms with E-state index >= 15 is 0 Å². The van der Waals surface area contributed by atoms with Gasteiger partial charge in [0.05, 0.1) is 0 Å². The maximum absolute atomic E-state index is 13.5. The molecule has 0 unspecified atom stereocenters. The molecule has 1 aliphatic rings. The minimum absolute atomic E-state index is 0.263. The Balaban J connectivity index is 1.91. The molecule has 38 heavy (non-hydrogen) atoms. The Kier molecular flexibility index (Phi) is 7.97. The molecule has 0 saturated carbocycles. The Morgan fingerprint density at radius 3 is 1.13 bits per heavy atom. The van der Waals surface area contributed by atoms with Crippen LogP contribution in [0.3, 0.4) is 0 Å². The van der Waals surface area contributed by atoms with Gasteiger partial charge in [-0.3, -0.25) is 0 Å². The van der Waals surface area contributed by atoms with E-state index in [9.17, 15) is 14.4 Å². The molecule has 0 saturated heterocycles. The van der Waals surface area contributed by atoms with Crippen LogP contribution in [-0.4, -0.2) is 17.9 Å². The van der Waals surface area contributed by atoms with Crippen molar-refractivity contribution in [2.24, 2.45) is 5.41 Å². The van der Waals surface area contributed by atoms with Crippen LogP contribution in [0.4, 0.5) is 0 Å². The van der Waals surface area contributed by atoms with Crippen LogP contribution in [0.1, 0.15) is 65.7 Å². The molecule has 0 heterocycles. The fourth-order valence-corrected chi connectivity index (χ4v) is 15.9. The van der Waals surface area contributed by atoms with Crippen molar-refractivity contribution < 1.29 is 44.2 Å². The van der Waals surface area contributed by atoms with Crippen LogP contribution in [0.5, 0.6) is 0 Å². The fourth-order valence-electron chi connectivity index (χ4n) is 4.69. The van der Waals surface area contributed by atoms with Gasteiger partial charge in [0, 0.05) is 0 Å². The van der Waals surface area contributed by atoms with Gasteiger partial charge in [-0.2, -0.15) is 0 Å². The summed E-state index contributed by atoms with van der Waals surface area (Å²) in [5.41, 5.74) is 2.92. The van der Waals surface area contributed by atoms with Crippen LogP contribution in [0.2, 0.25) is 0 Å². The van der Waals surface area contributed by atoms with E-state index in [-0.39, 0.29) is 16.7 Å². The summed E-state index contributed by atoms with van der Waals surface area (Å²) in [4.78, 5) is 40.6. The SMILES string of the molecule is CC1=C(C)C(C)(C)[C]([Hf]([O]C(=O)c2ccccc2)([O]C(=O)c2ccccc2)[O]C(=O)c2ccccc2)=C1C. The molecule has 0 atom stereocenters. The van der Waals surface area contributed by atoms with Crippen LogP contribution in [-0.2, 0) is 29.8 Å². The predicted molar refractivity (Wildman–Crippen MR) is 140 cm³/mol. The third-order valence-corrected chi connectivity index (χ3v) is 17.8. The summed E-state index contributed by atoms with van der Waals surface area (Å²) in [6.07, 6.45) is 0. The van der Waals surface area contributed by atoms with E-state index in [4.69, 9.17) is 8.56 Å². The van der Waals surface area contributed by atoms with E-state index < -0.39 is 44.6 Å². The third-order valence-electron chi connectivity index (χ3n) is 7.08. The van der Waals surface area contributed by atoms with Gasteiger partial charge in [0.15, 0.2) is 0 Å². The van der Waals surface area contributed by atoms with Crippen molar-refractivity contribution in [2.75, 3.05) is 0 Å². The molecule has 194 valence electrons. The van der Waals surface area contributed by atoms with Gasteiger partial charge in [-0.1, -0.05) is 0 Å². The molecular formula is C31H30HfO6. The number of hydrogen-bond donors (Lipinski definition) is 0. The molecular weight excluding hydrogens is 647 g/mol. The van der Waals surface area contributed by atoms with Gasteiger partial charge in [-0.15, -0.1) is 0 Å². The molecule has 0 spiro atoms. The maximum atomic E-state index is 13.5. The molecule has 7 heteroatoms. The van der Waals surface area contributed by atoms with Gasteiger partial charge in [-0.25, -0.2) is 0 Å². The molecule has 4 rings (SSSR count). The van der Waals surface area contributed by atoms with E-state index in [1.807, 2.05) is 34.6 Å². The quantitative estimate of drug-likeness (QED) is 0.249. The van der Waals surface area contributed by atoms with Crippen molar-refractivity contribution in [3.63, 3.8) is 0 Å². The van der Waals surface area contributed by atoms with Gasteiger partial charge in [0.25, 0.3) is 0 Å². The minimum atomic E-state index is -5.86. The summed E-state index contributed by atoms with van der Waals surface area (Å²) in [5.74, 6) is -2.15. The zero-order valence-electron chi connectivity index (χ0n) is 22.1. The topological polar surface area (TPSA) is 78.9 Å². The number of rotatable bonds is 7. The van der Waals surface area contributed by atoms with E-state index in [0.717, 1.165) is 16.7 Å². The second kappa shape index (κ2) is 11.0. The molecule has 0 aliphatic heterocycles. The Morgan fingerprint density at radius 1 is 0.553 bits per heavy atom. The molecule has 0 fully saturated rings. The van der Waals surface area contributed by atoms with Crippen molar-refractivity contribution in [2.45, 2.75) is 34.6 Å². The summed E-state index contributed by atoms with van der Waals surface area (Å²) in [6, 6.07) is 25.2. The molecule has 0 radical (unpaired) electrons. The Morgan fingerprint density at radius 2 is 0.868 bits per heavy atom. The van der Waals surface area contributed by atoms with Gasteiger partial charge in [0.1, 0.15) is 0 Å². The first-order valence-electron chi connectivity index (χ1n) is 12.3. The number of hydrogen-bond acceptors (Lipinski definition) is 6. The standard InChI is InChI=1S/C10H15.3C7H6O2.Hf/c1-7-6-10(4,5)9(3)8(7)2;3*8-7(9)6-4-2-1-3-5-6;/h1-5H3;3*1-5H,(H,8,9);/q;;;;+3/p-3. The zero-order valence-corrected chi connectivity index (χ0v) is 25.7. The second-order valence-corrected chi connectivity index (χ2v) is 17.7. The summed E-state index contributed by atoms with van der Waals surface area (Å²) in [5, 5.41) is 0. The fraction of sp³-hybridized carbons (Fsp3) is 0.194. The summed E-state index contributed by atoms with van der Waals surface area (Å²) >= 11 is -5.86. The van der Waals surface area contributed by atoms with Crippen LogP contribution >= 0.6 is 0 Å². The molecule has 0 aromatic heterocycles. The first kappa shape index (κ1) is 27.5. The molecule has 0 amide bonds. The van der Waals surface area contributed by atoms with E-state index in [1.165, 1.54) is 0 Å². The normalized spacial score (nSPS) is 14.8. The van der Waals surface area contributed by atoms with Crippen molar-refractivity contribution >= 4 is 17.9 Å². The molecule has 6 nitrogen and oxygen atoms in total. The van der Waals surface area contributed by atoms with Crippen LogP contribution < -0.4 is 0 Å². The predicted octanol–water partition coefficient (Wildman–Crippen LogP) is 7.11. The van der Waals surface area contributed by atoms with Crippen molar-refractivity contribution in [1.29, 1.82) is 0 Å². The first-order chi connectivity index (χ1) is 18.1. The number of benzene rings is 3. The molecule has 3 aromatic carbocycles. The Labute approximate surface area is 229 Å². The zero-order chi connectivity index (χ0) is 27.5. The van der Waals surface area contributed by atoms with Crippen LogP contribution in [0.25, 0.3) is 0 Å². The van der Waals surface area contributed by atoms with Gasteiger partial charge >= 0.3 is 230 Å². The van der Waals surface area contributed by atoms with Gasteiger partial charge < -0.3 is 0 Å². The number of carbonyl (C=O) groups excluding carboxylic acids is 3. The summed E-state index contributed by atoms with van der Waals surface area (Å²) in [6.45, 7) is 9.78.